The zero-order valence-electron chi connectivity index (χ0n) is 10.3. The molecular formula is C12H13ClN2O3S. The van der Waals surface area contributed by atoms with Crippen LogP contribution in [0.3, 0.4) is 0 Å². The summed E-state index contributed by atoms with van der Waals surface area (Å²) in [6.45, 7) is 1.86. The molecule has 1 fully saturated rings. The molecule has 1 aromatic carbocycles. The van der Waals surface area contributed by atoms with Crippen molar-refractivity contribution in [1.29, 1.82) is 5.26 Å². The van der Waals surface area contributed by atoms with Gasteiger partial charge in [0, 0.05) is 13.1 Å². The number of hydrogen-bond acceptors (Lipinski definition) is 4. The number of benzene rings is 1. The molecule has 1 aromatic rings. The van der Waals surface area contributed by atoms with Crippen LogP contribution in [-0.2, 0) is 10.0 Å². The van der Waals surface area contributed by atoms with E-state index in [-0.39, 0.29) is 28.6 Å². The highest BCUT2D eigenvalue weighted by atomic mass is 35.5. The highest BCUT2D eigenvalue weighted by Gasteiger charge is 2.39. The van der Waals surface area contributed by atoms with Crippen molar-refractivity contribution in [3.8, 4) is 6.07 Å². The first-order chi connectivity index (χ1) is 8.76. The molecule has 0 aromatic heterocycles. The van der Waals surface area contributed by atoms with Gasteiger partial charge in [-0.3, -0.25) is 0 Å². The van der Waals surface area contributed by atoms with Gasteiger partial charge in [-0.05, 0) is 31.5 Å². The molecule has 19 heavy (non-hydrogen) atoms. The second kappa shape index (κ2) is 4.76. The second-order valence-electron chi connectivity index (χ2n) is 4.84. The lowest BCUT2D eigenvalue weighted by atomic mass is 10.1. The molecule has 7 heteroatoms. The molecule has 1 atom stereocenters. The van der Waals surface area contributed by atoms with Gasteiger partial charge < -0.3 is 5.11 Å². The topological polar surface area (TPSA) is 81.4 Å². The van der Waals surface area contributed by atoms with Crippen LogP contribution in [0.2, 0.25) is 5.02 Å². The summed E-state index contributed by atoms with van der Waals surface area (Å²) in [6.07, 6.45) is 0.377. The van der Waals surface area contributed by atoms with Crippen molar-refractivity contribution in [3.05, 3.63) is 28.8 Å². The monoisotopic (exact) mass is 300 g/mol. The number of rotatable bonds is 2. The van der Waals surface area contributed by atoms with E-state index < -0.39 is 15.6 Å². The molecule has 0 spiro atoms. The van der Waals surface area contributed by atoms with Gasteiger partial charge >= 0.3 is 0 Å². The first-order valence-electron chi connectivity index (χ1n) is 5.68. The van der Waals surface area contributed by atoms with Gasteiger partial charge in [-0.15, -0.1) is 0 Å². The van der Waals surface area contributed by atoms with Crippen LogP contribution in [0.4, 0.5) is 0 Å². The highest BCUT2D eigenvalue weighted by Crippen LogP contribution is 2.30. The van der Waals surface area contributed by atoms with Crippen molar-refractivity contribution < 1.29 is 13.5 Å². The van der Waals surface area contributed by atoms with Crippen LogP contribution in [0.25, 0.3) is 0 Å². The minimum Gasteiger partial charge on any atom is -0.389 e. The van der Waals surface area contributed by atoms with Gasteiger partial charge in [0.25, 0.3) is 0 Å². The molecule has 2 rings (SSSR count). The lowest BCUT2D eigenvalue weighted by Gasteiger charge is -2.19. The third-order valence-corrected chi connectivity index (χ3v) is 5.42. The molecular weight excluding hydrogens is 288 g/mol. The minimum absolute atomic E-state index is 0.0302. The summed E-state index contributed by atoms with van der Waals surface area (Å²) in [5.41, 5.74) is -0.791. The molecule has 1 saturated heterocycles. The number of β-amino-alcohol motifs (C(OH)–C–C–N with tert-alkyl or cyclic N) is 1. The predicted molar refractivity (Wildman–Crippen MR) is 70.2 cm³/mol. The van der Waals surface area contributed by atoms with Gasteiger partial charge in [0.1, 0.15) is 4.90 Å². The van der Waals surface area contributed by atoms with Gasteiger partial charge in [-0.1, -0.05) is 11.6 Å². The number of nitrogens with zero attached hydrogens (tertiary/aromatic N) is 2. The van der Waals surface area contributed by atoms with Gasteiger partial charge in [-0.2, -0.15) is 9.57 Å². The molecule has 5 nitrogen and oxygen atoms in total. The number of halogens is 1. The summed E-state index contributed by atoms with van der Waals surface area (Å²) >= 11 is 5.91. The van der Waals surface area contributed by atoms with E-state index in [4.69, 9.17) is 16.9 Å². The van der Waals surface area contributed by atoms with Crippen molar-refractivity contribution in [3.63, 3.8) is 0 Å². The number of nitriles is 1. The molecule has 1 aliphatic rings. The zero-order chi connectivity index (χ0) is 14.3. The molecule has 102 valence electrons. The van der Waals surface area contributed by atoms with E-state index in [2.05, 4.69) is 0 Å². The largest absolute Gasteiger partial charge is 0.389 e. The zero-order valence-corrected chi connectivity index (χ0v) is 11.9. The van der Waals surface area contributed by atoms with Gasteiger partial charge in [-0.25, -0.2) is 8.42 Å². The van der Waals surface area contributed by atoms with Crippen molar-refractivity contribution in [2.45, 2.75) is 23.8 Å². The third-order valence-electron chi connectivity index (χ3n) is 3.09. The Morgan fingerprint density at radius 2 is 2.21 bits per heavy atom. The van der Waals surface area contributed by atoms with Crippen LogP contribution in [0.1, 0.15) is 18.9 Å². The normalized spacial score (nSPS) is 24.3. The molecule has 0 radical (unpaired) electrons. The van der Waals surface area contributed by atoms with E-state index in [9.17, 15) is 13.5 Å². The van der Waals surface area contributed by atoms with E-state index in [1.807, 2.05) is 6.07 Å². The number of hydrogen-bond donors (Lipinski definition) is 1. The smallest absolute Gasteiger partial charge is 0.244 e. The fraction of sp³-hybridized carbons (Fsp3) is 0.417. The molecule has 1 heterocycles. The Kier molecular flexibility index (Phi) is 3.58. The van der Waals surface area contributed by atoms with Gasteiger partial charge in [0.05, 0.1) is 22.3 Å². The van der Waals surface area contributed by atoms with Crippen LogP contribution in [0, 0.1) is 11.3 Å². The average Bonchev–Trinajstić information content (AvgIpc) is 2.71. The molecule has 1 N–H and O–H groups in total. The fourth-order valence-corrected chi connectivity index (χ4v) is 4.08. The SMILES string of the molecule is CC1(O)CCN(S(=O)(=O)c2cc(C#N)ccc2Cl)C1. The van der Waals surface area contributed by atoms with Crippen molar-refractivity contribution in [2.24, 2.45) is 0 Å². The molecule has 0 bridgehead atoms. The summed E-state index contributed by atoms with van der Waals surface area (Å²) in [7, 11) is -3.78. The molecule has 1 unspecified atom stereocenters. The maximum atomic E-state index is 12.4. The second-order valence-corrected chi connectivity index (χ2v) is 7.16. The Labute approximate surface area is 117 Å². The predicted octanol–water partition coefficient (Wildman–Crippen LogP) is 1.36. The Morgan fingerprint density at radius 1 is 1.53 bits per heavy atom. The number of sulfonamides is 1. The summed E-state index contributed by atoms with van der Waals surface area (Å²) in [4.78, 5) is -0.0917. The standard InChI is InChI=1S/C12H13ClN2O3S/c1-12(16)4-5-15(8-12)19(17,18)11-6-9(7-14)2-3-10(11)13/h2-3,6,16H,4-5,8H2,1H3. The lowest BCUT2D eigenvalue weighted by molar-refractivity contribution is 0.0762. The van der Waals surface area contributed by atoms with Crippen molar-refractivity contribution in [1.82, 2.24) is 4.31 Å². The van der Waals surface area contributed by atoms with Crippen molar-refractivity contribution >= 4 is 21.6 Å². The van der Waals surface area contributed by atoms with E-state index in [0.717, 1.165) is 0 Å². The molecule has 0 aliphatic carbocycles. The van der Waals surface area contributed by atoms with E-state index in [1.165, 1.54) is 22.5 Å². The summed E-state index contributed by atoms with van der Waals surface area (Å²) < 4.78 is 26.1. The van der Waals surface area contributed by atoms with Gasteiger partial charge in [0.15, 0.2) is 0 Å². The molecule has 0 saturated carbocycles. The minimum atomic E-state index is -3.78. The van der Waals surface area contributed by atoms with Crippen LogP contribution in [0.5, 0.6) is 0 Å². The van der Waals surface area contributed by atoms with Crippen LogP contribution < -0.4 is 0 Å². The Hall–Kier alpha value is -1.13. The first-order valence-corrected chi connectivity index (χ1v) is 7.50. The van der Waals surface area contributed by atoms with Gasteiger partial charge in [0.2, 0.25) is 10.0 Å². The first kappa shape index (κ1) is 14.3. The lowest BCUT2D eigenvalue weighted by Crippen LogP contribution is -2.34. The van der Waals surface area contributed by atoms with E-state index >= 15 is 0 Å². The fourth-order valence-electron chi connectivity index (χ4n) is 2.02. The summed E-state index contributed by atoms with van der Waals surface area (Å²) in [6, 6.07) is 5.99. The van der Waals surface area contributed by atoms with Crippen molar-refractivity contribution in [2.75, 3.05) is 13.1 Å². The maximum absolute atomic E-state index is 12.4. The quantitative estimate of drug-likeness (QED) is 0.894. The van der Waals surface area contributed by atoms with Crippen LogP contribution >= 0.6 is 11.6 Å². The summed E-state index contributed by atoms with van der Waals surface area (Å²) in [5, 5.41) is 18.8. The molecule has 0 amide bonds. The maximum Gasteiger partial charge on any atom is 0.244 e. The Morgan fingerprint density at radius 3 is 2.74 bits per heavy atom. The van der Waals surface area contributed by atoms with Crippen LogP contribution in [-0.4, -0.2) is 36.5 Å². The molecule has 1 aliphatic heterocycles. The van der Waals surface area contributed by atoms with E-state index in [1.54, 1.807) is 6.92 Å². The number of aliphatic hydroxyl groups is 1. The van der Waals surface area contributed by atoms with E-state index in [0.29, 0.717) is 6.42 Å². The summed E-state index contributed by atoms with van der Waals surface area (Å²) in [5.74, 6) is 0. The Balaban J connectivity index is 2.44. The average molecular weight is 301 g/mol. The third kappa shape index (κ3) is 2.74. The highest BCUT2D eigenvalue weighted by molar-refractivity contribution is 7.89. The Bertz CT molecular complexity index is 649. The van der Waals surface area contributed by atoms with Crippen LogP contribution in [0.15, 0.2) is 23.1 Å².